The lowest BCUT2D eigenvalue weighted by Gasteiger charge is -2.28. The maximum atomic E-state index is 12.2. The van der Waals surface area contributed by atoms with Crippen molar-refractivity contribution in [1.29, 1.82) is 0 Å². The molecule has 2 rings (SSSR count). The quantitative estimate of drug-likeness (QED) is 0.725. The van der Waals surface area contributed by atoms with Crippen LogP contribution in [-0.4, -0.2) is 42.6 Å². The van der Waals surface area contributed by atoms with E-state index in [1.807, 2.05) is 4.90 Å². The molecule has 1 saturated carbocycles. The second kappa shape index (κ2) is 4.10. The lowest BCUT2D eigenvalue weighted by molar-refractivity contribution is -0.136. The summed E-state index contributed by atoms with van der Waals surface area (Å²) in [6, 6.07) is 0. The number of rotatable bonds is 2. The number of carbonyl (C=O) groups excluding carboxylic acids is 1. The molecule has 15 heavy (non-hydrogen) atoms. The summed E-state index contributed by atoms with van der Waals surface area (Å²) in [6.45, 7) is 1.52. The Morgan fingerprint density at radius 3 is 2.67 bits per heavy atom. The van der Waals surface area contributed by atoms with Crippen LogP contribution in [0, 0.1) is 0 Å². The highest BCUT2D eigenvalue weighted by atomic mass is 16.5. The number of methoxy groups -OCH3 is 1. The largest absolute Gasteiger partial charge is 0.380 e. The molecule has 1 amide bonds. The average Bonchev–Trinajstić information content (AvgIpc) is 2.85. The second-order valence-corrected chi connectivity index (χ2v) is 4.76. The lowest BCUT2D eigenvalue weighted by atomic mass is 9.97. The Morgan fingerprint density at radius 1 is 1.47 bits per heavy atom. The Kier molecular flexibility index (Phi) is 2.98. The number of amides is 1. The first-order valence-electron chi connectivity index (χ1n) is 5.77. The number of nitrogens with two attached hydrogens (primary N) is 1. The van der Waals surface area contributed by atoms with Crippen LogP contribution in [0.5, 0.6) is 0 Å². The first-order chi connectivity index (χ1) is 7.15. The van der Waals surface area contributed by atoms with Crippen LogP contribution in [0.2, 0.25) is 0 Å². The standard InChI is InChI=1S/C11H20N2O2/c1-15-9-4-7-13(8-9)10(14)11(12)5-2-3-6-11/h9H,2-8,12H2,1H3. The summed E-state index contributed by atoms with van der Waals surface area (Å²) in [6.07, 6.45) is 5.02. The summed E-state index contributed by atoms with van der Waals surface area (Å²) >= 11 is 0. The molecule has 1 atom stereocenters. The zero-order valence-corrected chi connectivity index (χ0v) is 9.37. The van der Waals surface area contributed by atoms with Crippen molar-refractivity contribution in [1.82, 2.24) is 4.90 Å². The van der Waals surface area contributed by atoms with Gasteiger partial charge in [0.1, 0.15) is 0 Å². The molecule has 2 fully saturated rings. The van der Waals surface area contributed by atoms with E-state index in [4.69, 9.17) is 10.5 Å². The molecular formula is C11H20N2O2. The van der Waals surface area contributed by atoms with Gasteiger partial charge in [-0.25, -0.2) is 0 Å². The summed E-state index contributed by atoms with van der Waals surface area (Å²) in [7, 11) is 1.70. The zero-order valence-electron chi connectivity index (χ0n) is 9.37. The van der Waals surface area contributed by atoms with Gasteiger partial charge < -0.3 is 15.4 Å². The van der Waals surface area contributed by atoms with Gasteiger partial charge in [0.05, 0.1) is 11.6 Å². The Balaban J connectivity index is 1.96. The minimum absolute atomic E-state index is 0.138. The van der Waals surface area contributed by atoms with Crippen molar-refractivity contribution in [2.24, 2.45) is 5.73 Å². The topological polar surface area (TPSA) is 55.6 Å². The molecule has 0 bridgehead atoms. The van der Waals surface area contributed by atoms with E-state index in [-0.39, 0.29) is 12.0 Å². The van der Waals surface area contributed by atoms with Gasteiger partial charge in [0, 0.05) is 20.2 Å². The molecular weight excluding hydrogens is 192 g/mol. The van der Waals surface area contributed by atoms with Crippen molar-refractivity contribution in [3.05, 3.63) is 0 Å². The van der Waals surface area contributed by atoms with Crippen molar-refractivity contribution in [3.8, 4) is 0 Å². The van der Waals surface area contributed by atoms with E-state index < -0.39 is 5.54 Å². The molecule has 0 aromatic heterocycles. The molecule has 0 aromatic carbocycles. The maximum Gasteiger partial charge on any atom is 0.242 e. The molecule has 0 radical (unpaired) electrons. The SMILES string of the molecule is COC1CCN(C(=O)C2(N)CCCC2)C1. The Hall–Kier alpha value is -0.610. The third kappa shape index (κ3) is 2.01. The fraction of sp³-hybridized carbons (Fsp3) is 0.909. The molecule has 1 unspecified atom stereocenters. The Morgan fingerprint density at radius 2 is 2.13 bits per heavy atom. The normalized spacial score (nSPS) is 29.7. The van der Waals surface area contributed by atoms with E-state index in [1.165, 1.54) is 0 Å². The van der Waals surface area contributed by atoms with Crippen LogP contribution in [0.4, 0.5) is 0 Å². The Bertz CT molecular complexity index is 249. The zero-order chi connectivity index (χ0) is 10.9. The molecule has 1 aliphatic carbocycles. The third-order valence-electron chi connectivity index (χ3n) is 3.69. The first kappa shape index (κ1) is 10.9. The summed E-state index contributed by atoms with van der Waals surface area (Å²) < 4.78 is 5.25. The Labute approximate surface area is 90.8 Å². The van der Waals surface area contributed by atoms with Crippen LogP contribution in [0.25, 0.3) is 0 Å². The number of carbonyl (C=O) groups is 1. The summed E-state index contributed by atoms with van der Waals surface area (Å²) in [4.78, 5) is 14.1. The van der Waals surface area contributed by atoms with Gasteiger partial charge >= 0.3 is 0 Å². The first-order valence-corrected chi connectivity index (χ1v) is 5.77. The number of nitrogens with zero attached hydrogens (tertiary/aromatic N) is 1. The van der Waals surface area contributed by atoms with E-state index >= 15 is 0 Å². The van der Waals surface area contributed by atoms with E-state index in [1.54, 1.807) is 7.11 Å². The van der Waals surface area contributed by atoms with Crippen LogP contribution in [0.3, 0.4) is 0 Å². The minimum atomic E-state index is -0.567. The molecule has 2 aliphatic rings. The second-order valence-electron chi connectivity index (χ2n) is 4.76. The number of ether oxygens (including phenoxy) is 1. The highest BCUT2D eigenvalue weighted by molar-refractivity contribution is 5.86. The van der Waals surface area contributed by atoms with Gasteiger partial charge in [-0.15, -0.1) is 0 Å². The molecule has 4 nitrogen and oxygen atoms in total. The minimum Gasteiger partial charge on any atom is -0.380 e. The van der Waals surface area contributed by atoms with Gasteiger partial charge in [-0.1, -0.05) is 12.8 Å². The molecule has 1 aliphatic heterocycles. The van der Waals surface area contributed by atoms with E-state index in [0.29, 0.717) is 6.54 Å². The summed E-state index contributed by atoms with van der Waals surface area (Å²) in [5.41, 5.74) is 5.57. The van der Waals surface area contributed by atoms with E-state index in [9.17, 15) is 4.79 Å². The molecule has 0 aromatic rings. The number of likely N-dealkylation sites (tertiary alicyclic amines) is 1. The van der Waals surface area contributed by atoms with Gasteiger partial charge in [-0.3, -0.25) is 4.79 Å². The van der Waals surface area contributed by atoms with Crippen LogP contribution in [0.15, 0.2) is 0 Å². The van der Waals surface area contributed by atoms with E-state index in [2.05, 4.69) is 0 Å². The lowest BCUT2D eigenvalue weighted by Crippen LogP contribution is -2.53. The van der Waals surface area contributed by atoms with Crippen LogP contribution in [-0.2, 0) is 9.53 Å². The number of hydrogen-bond acceptors (Lipinski definition) is 3. The van der Waals surface area contributed by atoms with Crippen LogP contribution >= 0.6 is 0 Å². The third-order valence-corrected chi connectivity index (χ3v) is 3.69. The molecule has 0 spiro atoms. The van der Waals surface area contributed by atoms with Gasteiger partial charge in [0.15, 0.2) is 0 Å². The molecule has 86 valence electrons. The highest BCUT2D eigenvalue weighted by Crippen LogP contribution is 2.30. The predicted molar refractivity (Wildman–Crippen MR) is 57.4 cm³/mol. The number of hydrogen-bond donors (Lipinski definition) is 1. The van der Waals surface area contributed by atoms with Crippen molar-refractivity contribution >= 4 is 5.91 Å². The maximum absolute atomic E-state index is 12.2. The van der Waals surface area contributed by atoms with Crippen molar-refractivity contribution in [2.75, 3.05) is 20.2 Å². The fourth-order valence-electron chi connectivity index (χ4n) is 2.64. The molecule has 1 heterocycles. The van der Waals surface area contributed by atoms with Crippen LogP contribution < -0.4 is 5.73 Å². The van der Waals surface area contributed by atoms with Gasteiger partial charge in [0.2, 0.25) is 5.91 Å². The van der Waals surface area contributed by atoms with Gasteiger partial charge in [0.25, 0.3) is 0 Å². The van der Waals surface area contributed by atoms with Crippen LogP contribution in [0.1, 0.15) is 32.1 Å². The average molecular weight is 212 g/mol. The monoisotopic (exact) mass is 212 g/mol. The van der Waals surface area contributed by atoms with E-state index in [0.717, 1.165) is 38.6 Å². The molecule has 2 N–H and O–H groups in total. The van der Waals surface area contributed by atoms with Gasteiger partial charge in [-0.05, 0) is 19.3 Å². The fourth-order valence-corrected chi connectivity index (χ4v) is 2.64. The molecule has 1 saturated heterocycles. The van der Waals surface area contributed by atoms with Crippen molar-refractivity contribution in [3.63, 3.8) is 0 Å². The van der Waals surface area contributed by atoms with Gasteiger partial charge in [-0.2, -0.15) is 0 Å². The summed E-state index contributed by atoms with van der Waals surface area (Å²) in [5, 5.41) is 0. The summed E-state index contributed by atoms with van der Waals surface area (Å²) in [5.74, 6) is 0.138. The van der Waals surface area contributed by atoms with Crippen molar-refractivity contribution < 1.29 is 9.53 Å². The smallest absolute Gasteiger partial charge is 0.242 e. The highest BCUT2D eigenvalue weighted by Gasteiger charge is 2.41. The predicted octanol–water partition coefficient (Wildman–Crippen LogP) is 0.505. The van der Waals surface area contributed by atoms with Crippen molar-refractivity contribution in [2.45, 2.75) is 43.7 Å². The molecule has 4 heteroatoms.